The first-order valence-corrected chi connectivity index (χ1v) is 11.2. The number of esters is 1. The Kier molecular flexibility index (Phi) is 7.17. The van der Waals surface area contributed by atoms with Crippen LogP contribution >= 0.6 is 11.6 Å². The maximum Gasteiger partial charge on any atom is 0.338 e. The fourth-order valence-electron chi connectivity index (χ4n) is 3.34. The smallest absolute Gasteiger partial charge is 0.338 e. The number of halogens is 1. The van der Waals surface area contributed by atoms with E-state index in [4.69, 9.17) is 30.2 Å². The van der Waals surface area contributed by atoms with Crippen LogP contribution in [0.4, 0.5) is 0 Å². The van der Waals surface area contributed by atoms with Gasteiger partial charge in [-0.2, -0.15) is 0 Å². The molecular weight excluding hydrogens is 472 g/mol. The Morgan fingerprint density at radius 3 is 2.26 bits per heavy atom. The maximum atomic E-state index is 13.0. The van der Waals surface area contributed by atoms with Crippen molar-refractivity contribution in [1.29, 1.82) is 0 Å². The number of carbonyl (C=O) groups excluding carboxylic acids is 2. The van der Waals surface area contributed by atoms with Gasteiger partial charge in [-0.25, -0.2) is 4.79 Å². The van der Waals surface area contributed by atoms with E-state index >= 15 is 0 Å². The SMILES string of the molecule is CCOC(=O)c1ccc(Oc2c(C)oc3cc(OCC(=O)c4ccc(Cl)cc4)ccc3c2=O)cc1. The molecule has 0 fully saturated rings. The van der Waals surface area contributed by atoms with E-state index in [-0.39, 0.29) is 35.9 Å². The van der Waals surface area contributed by atoms with Crippen molar-refractivity contribution in [2.75, 3.05) is 13.2 Å². The van der Waals surface area contributed by atoms with E-state index in [1.807, 2.05) is 0 Å². The number of ketones is 1. The molecule has 8 heteroatoms. The van der Waals surface area contributed by atoms with Gasteiger partial charge in [0.2, 0.25) is 11.2 Å². The van der Waals surface area contributed by atoms with E-state index in [2.05, 4.69) is 0 Å². The Hall–Kier alpha value is -4.10. The van der Waals surface area contributed by atoms with Crippen molar-refractivity contribution in [3.63, 3.8) is 0 Å². The molecule has 35 heavy (non-hydrogen) atoms. The summed E-state index contributed by atoms with van der Waals surface area (Å²) in [7, 11) is 0. The van der Waals surface area contributed by atoms with Gasteiger partial charge in [0.15, 0.2) is 12.4 Å². The molecule has 0 aliphatic heterocycles. The summed E-state index contributed by atoms with van der Waals surface area (Å²) in [6.07, 6.45) is 0. The largest absolute Gasteiger partial charge is 0.485 e. The van der Waals surface area contributed by atoms with Crippen LogP contribution in [-0.4, -0.2) is 25.0 Å². The van der Waals surface area contributed by atoms with Gasteiger partial charge in [-0.1, -0.05) is 11.6 Å². The number of hydrogen-bond donors (Lipinski definition) is 0. The molecular formula is C27H21ClO7. The van der Waals surface area contributed by atoms with Crippen molar-refractivity contribution in [2.45, 2.75) is 13.8 Å². The second kappa shape index (κ2) is 10.4. The minimum Gasteiger partial charge on any atom is -0.485 e. The zero-order chi connectivity index (χ0) is 24.9. The van der Waals surface area contributed by atoms with Gasteiger partial charge in [0.1, 0.15) is 22.8 Å². The fourth-order valence-corrected chi connectivity index (χ4v) is 3.46. The van der Waals surface area contributed by atoms with Gasteiger partial charge < -0.3 is 18.6 Å². The minimum absolute atomic E-state index is 0.0352. The van der Waals surface area contributed by atoms with E-state index in [1.165, 1.54) is 0 Å². The Balaban J connectivity index is 1.51. The summed E-state index contributed by atoms with van der Waals surface area (Å²) in [5.74, 6) is 0.406. The number of rotatable bonds is 8. The number of benzene rings is 3. The van der Waals surface area contributed by atoms with Gasteiger partial charge in [-0.15, -0.1) is 0 Å². The number of ether oxygens (including phenoxy) is 3. The van der Waals surface area contributed by atoms with E-state index in [0.29, 0.717) is 38.6 Å². The summed E-state index contributed by atoms with van der Waals surface area (Å²) in [5.41, 5.74) is 0.800. The van der Waals surface area contributed by atoms with Crippen LogP contribution in [-0.2, 0) is 4.74 Å². The topological polar surface area (TPSA) is 92.0 Å². The zero-order valence-corrected chi connectivity index (χ0v) is 19.8. The zero-order valence-electron chi connectivity index (χ0n) is 19.0. The summed E-state index contributed by atoms with van der Waals surface area (Å²) in [6.45, 7) is 3.44. The summed E-state index contributed by atoms with van der Waals surface area (Å²) in [6, 6.07) is 17.5. The van der Waals surface area contributed by atoms with Crippen molar-refractivity contribution < 1.29 is 28.2 Å². The second-order valence-corrected chi connectivity index (χ2v) is 7.98. The third kappa shape index (κ3) is 5.53. The van der Waals surface area contributed by atoms with Crippen LogP contribution in [0.1, 0.15) is 33.4 Å². The Labute approximate surface area is 205 Å². The van der Waals surface area contributed by atoms with E-state index < -0.39 is 5.97 Å². The number of aryl methyl sites for hydroxylation is 1. The summed E-state index contributed by atoms with van der Waals surface area (Å²) in [4.78, 5) is 37.2. The van der Waals surface area contributed by atoms with Crippen LogP contribution in [0, 0.1) is 6.92 Å². The summed E-state index contributed by atoms with van der Waals surface area (Å²) >= 11 is 5.85. The lowest BCUT2D eigenvalue weighted by molar-refractivity contribution is 0.0526. The highest BCUT2D eigenvalue weighted by molar-refractivity contribution is 6.30. The quantitative estimate of drug-likeness (QED) is 0.220. The number of fused-ring (bicyclic) bond motifs is 1. The van der Waals surface area contributed by atoms with Crippen molar-refractivity contribution in [3.05, 3.63) is 98.9 Å². The van der Waals surface area contributed by atoms with E-state index in [0.717, 1.165) is 0 Å². The molecule has 178 valence electrons. The van der Waals surface area contributed by atoms with Crippen LogP contribution < -0.4 is 14.9 Å². The van der Waals surface area contributed by atoms with Crippen molar-refractivity contribution in [3.8, 4) is 17.2 Å². The minimum atomic E-state index is -0.437. The number of hydrogen-bond acceptors (Lipinski definition) is 7. The summed E-state index contributed by atoms with van der Waals surface area (Å²) < 4.78 is 22.1. The van der Waals surface area contributed by atoms with Crippen molar-refractivity contribution >= 4 is 34.3 Å². The lowest BCUT2D eigenvalue weighted by Crippen LogP contribution is -2.12. The Morgan fingerprint density at radius 2 is 1.57 bits per heavy atom. The maximum absolute atomic E-state index is 13.0. The van der Waals surface area contributed by atoms with Gasteiger partial charge in [0.25, 0.3) is 0 Å². The molecule has 4 rings (SSSR count). The fraction of sp³-hybridized carbons (Fsp3) is 0.148. The average Bonchev–Trinajstić information content (AvgIpc) is 2.86. The van der Waals surface area contributed by atoms with Crippen molar-refractivity contribution in [1.82, 2.24) is 0 Å². The van der Waals surface area contributed by atoms with Gasteiger partial charge in [0.05, 0.1) is 17.6 Å². The van der Waals surface area contributed by atoms with Crippen LogP contribution in [0.25, 0.3) is 11.0 Å². The first kappa shape index (κ1) is 24.0. The number of Topliss-reactive ketones (excluding diaryl/α,β-unsaturated/α-hetero) is 1. The highest BCUT2D eigenvalue weighted by atomic mass is 35.5. The molecule has 0 spiro atoms. The molecule has 0 amide bonds. The lowest BCUT2D eigenvalue weighted by atomic mass is 10.1. The molecule has 0 aliphatic rings. The molecule has 0 unspecified atom stereocenters. The van der Waals surface area contributed by atoms with Gasteiger partial charge in [0, 0.05) is 16.7 Å². The standard InChI is InChI=1S/C27H21ClO7/c1-3-32-27(31)18-6-10-20(11-7-18)35-26-16(2)34-24-14-21(12-13-22(24)25(26)30)33-15-23(29)17-4-8-19(28)9-5-17/h4-14H,3,15H2,1-2H3. The first-order valence-electron chi connectivity index (χ1n) is 10.8. The first-order chi connectivity index (χ1) is 16.9. The number of carbonyl (C=O) groups is 2. The predicted octanol–water partition coefficient (Wildman–Crippen LogP) is 5.99. The molecule has 0 bridgehead atoms. The summed E-state index contributed by atoms with van der Waals surface area (Å²) in [5, 5.41) is 0.838. The monoisotopic (exact) mass is 492 g/mol. The highest BCUT2D eigenvalue weighted by Gasteiger charge is 2.16. The predicted molar refractivity (Wildman–Crippen MR) is 131 cm³/mol. The average molecular weight is 493 g/mol. The Morgan fingerprint density at radius 1 is 0.914 bits per heavy atom. The second-order valence-electron chi connectivity index (χ2n) is 7.54. The highest BCUT2D eigenvalue weighted by Crippen LogP contribution is 2.27. The normalized spacial score (nSPS) is 10.7. The van der Waals surface area contributed by atoms with Crippen LogP contribution in [0.15, 0.2) is 75.9 Å². The molecule has 0 saturated heterocycles. The molecule has 4 aromatic rings. The molecule has 0 saturated carbocycles. The molecule has 0 aliphatic carbocycles. The van der Waals surface area contributed by atoms with Gasteiger partial charge >= 0.3 is 5.97 Å². The molecule has 0 N–H and O–H groups in total. The van der Waals surface area contributed by atoms with Crippen LogP contribution in [0.5, 0.6) is 17.2 Å². The molecule has 0 atom stereocenters. The van der Waals surface area contributed by atoms with Crippen LogP contribution in [0.3, 0.4) is 0 Å². The van der Waals surface area contributed by atoms with Gasteiger partial charge in [-0.05, 0) is 74.5 Å². The molecule has 7 nitrogen and oxygen atoms in total. The van der Waals surface area contributed by atoms with Gasteiger partial charge in [-0.3, -0.25) is 9.59 Å². The van der Waals surface area contributed by atoms with E-state index in [1.54, 1.807) is 80.6 Å². The molecule has 1 heterocycles. The van der Waals surface area contributed by atoms with E-state index in [9.17, 15) is 14.4 Å². The molecule has 0 radical (unpaired) electrons. The molecule has 1 aromatic heterocycles. The third-order valence-electron chi connectivity index (χ3n) is 5.11. The van der Waals surface area contributed by atoms with Crippen LogP contribution in [0.2, 0.25) is 5.02 Å². The van der Waals surface area contributed by atoms with Crippen molar-refractivity contribution in [2.24, 2.45) is 0 Å². The molecule has 3 aromatic carbocycles. The third-order valence-corrected chi connectivity index (χ3v) is 5.36. The lowest BCUT2D eigenvalue weighted by Gasteiger charge is -2.10. The Bertz CT molecular complexity index is 1440.